The molecule has 0 heterocycles. The van der Waals surface area contributed by atoms with Crippen molar-refractivity contribution < 1.29 is 14.5 Å². The number of nitro benzene ring substituents is 1. The molecule has 1 atom stereocenters. The third-order valence-corrected chi connectivity index (χ3v) is 3.89. The van der Waals surface area contributed by atoms with Crippen LogP contribution in [-0.2, 0) is 9.59 Å². The van der Waals surface area contributed by atoms with Gasteiger partial charge in [-0.15, -0.1) is 0 Å². The van der Waals surface area contributed by atoms with Crippen LogP contribution in [0.4, 0.5) is 17.1 Å². The Hall–Kier alpha value is -3.22. The summed E-state index contributed by atoms with van der Waals surface area (Å²) < 4.78 is 0. The molecule has 0 aliphatic rings. The first-order valence-corrected chi connectivity index (χ1v) is 7.88. The number of para-hydroxylation sites is 1. The van der Waals surface area contributed by atoms with Gasteiger partial charge in [0.1, 0.15) is 0 Å². The van der Waals surface area contributed by atoms with Crippen molar-refractivity contribution in [2.75, 3.05) is 10.6 Å². The maximum absolute atomic E-state index is 12.1. The van der Waals surface area contributed by atoms with Crippen molar-refractivity contribution in [1.29, 1.82) is 0 Å². The van der Waals surface area contributed by atoms with E-state index >= 15 is 0 Å². The van der Waals surface area contributed by atoms with E-state index in [-0.39, 0.29) is 11.6 Å². The molecule has 7 heteroatoms. The molecule has 0 radical (unpaired) electrons. The van der Waals surface area contributed by atoms with Crippen LogP contribution in [0.2, 0.25) is 0 Å². The molecule has 2 aromatic rings. The Morgan fingerprint density at radius 1 is 1.04 bits per heavy atom. The minimum absolute atomic E-state index is 0.0927. The zero-order chi connectivity index (χ0) is 18.4. The summed E-state index contributed by atoms with van der Waals surface area (Å²) in [6.07, 6.45) is 0.905. The zero-order valence-corrected chi connectivity index (χ0v) is 14.0. The van der Waals surface area contributed by atoms with Crippen LogP contribution in [0.1, 0.15) is 31.7 Å². The molecule has 1 unspecified atom stereocenters. The van der Waals surface area contributed by atoms with Crippen molar-refractivity contribution in [3.05, 3.63) is 64.2 Å². The van der Waals surface area contributed by atoms with Gasteiger partial charge in [-0.3, -0.25) is 19.7 Å². The predicted molar refractivity (Wildman–Crippen MR) is 95.5 cm³/mol. The van der Waals surface area contributed by atoms with Crippen LogP contribution in [-0.4, -0.2) is 16.7 Å². The third kappa shape index (κ3) is 4.63. The zero-order valence-electron chi connectivity index (χ0n) is 14.0. The number of carbonyl (C=O) groups is 2. The minimum Gasteiger partial charge on any atom is -0.318 e. The second-order valence-corrected chi connectivity index (χ2v) is 5.61. The summed E-state index contributed by atoms with van der Waals surface area (Å²) in [7, 11) is 0. The second-order valence-electron chi connectivity index (χ2n) is 5.61. The highest BCUT2D eigenvalue weighted by Crippen LogP contribution is 2.26. The molecule has 0 spiro atoms. The SMILES string of the molecule is CCC(C)c1ccccc1NC(=O)C(=O)Nc1ccc([N+](=O)[O-])cc1. The fraction of sp³-hybridized carbons (Fsp3) is 0.222. The summed E-state index contributed by atoms with van der Waals surface area (Å²) in [5.74, 6) is -1.39. The van der Waals surface area contributed by atoms with E-state index in [1.54, 1.807) is 12.1 Å². The fourth-order valence-corrected chi connectivity index (χ4v) is 2.29. The van der Waals surface area contributed by atoms with E-state index in [4.69, 9.17) is 0 Å². The van der Waals surface area contributed by atoms with Crippen LogP contribution in [0.25, 0.3) is 0 Å². The lowest BCUT2D eigenvalue weighted by Gasteiger charge is -2.15. The number of benzene rings is 2. The summed E-state index contributed by atoms with van der Waals surface area (Å²) in [6.45, 7) is 4.09. The van der Waals surface area contributed by atoms with Gasteiger partial charge in [0.05, 0.1) is 4.92 Å². The number of amides is 2. The minimum atomic E-state index is -0.840. The Balaban J connectivity index is 2.06. The van der Waals surface area contributed by atoms with Gasteiger partial charge in [0.2, 0.25) is 0 Å². The average Bonchev–Trinajstić information content (AvgIpc) is 2.61. The summed E-state index contributed by atoms with van der Waals surface area (Å²) >= 11 is 0. The highest BCUT2D eigenvalue weighted by atomic mass is 16.6. The van der Waals surface area contributed by atoms with Gasteiger partial charge in [0, 0.05) is 23.5 Å². The molecule has 2 rings (SSSR count). The first-order valence-electron chi connectivity index (χ1n) is 7.88. The average molecular weight is 341 g/mol. The van der Waals surface area contributed by atoms with E-state index in [1.165, 1.54) is 24.3 Å². The van der Waals surface area contributed by atoms with E-state index in [2.05, 4.69) is 10.6 Å². The Labute approximate surface area is 145 Å². The number of nitro groups is 1. The number of rotatable bonds is 5. The van der Waals surface area contributed by atoms with Crippen molar-refractivity contribution in [1.82, 2.24) is 0 Å². The highest BCUT2D eigenvalue weighted by Gasteiger charge is 2.17. The van der Waals surface area contributed by atoms with Crippen LogP contribution >= 0.6 is 0 Å². The Morgan fingerprint density at radius 2 is 1.64 bits per heavy atom. The highest BCUT2D eigenvalue weighted by molar-refractivity contribution is 6.43. The van der Waals surface area contributed by atoms with Crippen molar-refractivity contribution in [3.8, 4) is 0 Å². The largest absolute Gasteiger partial charge is 0.318 e. The van der Waals surface area contributed by atoms with E-state index in [0.717, 1.165) is 12.0 Å². The first-order chi connectivity index (χ1) is 11.9. The lowest BCUT2D eigenvalue weighted by atomic mass is 9.97. The third-order valence-electron chi connectivity index (χ3n) is 3.89. The Morgan fingerprint density at radius 3 is 2.24 bits per heavy atom. The van der Waals surface area contributed by atoms with Gasteiger partial charge in [-0.25, -0.2) is 0 Å². The van der Waals surface area contributed by atoms with Crippen LogP contribution in [0.5, 0.6) is 0 Å². The Bertz CT molecular complexity index is 787. The number of nitrogens with zero attached hydrogens (tertiary/aromatic N) is 1. The molecule has 0 saturated carbocycles. The predicted octanol–water partition coefficient (Wildman–Crippen LogP) is 3.69. The van der Waals surface area contributed by atoms with Crippen molar-refractivity contribution >= 4 is 28.9 Å². The van der Waals surface area contributed by atoms with Crippen LogP contribution < -0.4 is 10.6 Å². The van der Waals surface area contributed by atoms with E-state index in [0.29, 0.717) is 11.4 Å². The maximum atomic E-state index is 12.1. The fourth-order valence-electron chi connectivity index (χ4n) is 2.29. The molecule has 0 saturated heterocycles. The molecular weight excluding hydrogens is 322 g/mol. The molecule has 0 aromatic heterocycles. The molecule has 0 aliphatic heterocycles. The number of hydrogen-bond donors (Lipinski definition) is 2. The lowest BCUT2D eigenvalue weighted by Crippen LogP contribution is -2.29. The van der Waals surface area contributed by atoms with Gasteiger partial charge in [-0.05, 0) is 36.1 Å². The summed E-state index contributed by atoms with van der Waals surface area (Å²) in [5.41, 5.74) is 1.77. The second kappa shape index (κ2) is 8.05. The van der Waals surface area contributed by atoms with E-state index in [9.17, 15) is 19.7 Å². The molecule has 2 aromatic carbocycles. The normalized spacial score (nSPS) is 11.4. The maximum Gasteiger partial charge on any atom is 0.314 e. The Kier molecular flexibility index (Phi) is 5.84. The van der Waals surface area contributed by atoms with Gasteiger partial charge in [0.15, 0.2) is 0 Å². The summed E-state index contributed by atoms with van der Waals surface area (Å²) in [5, 5.41) is 15.6. The molecule has 2 amide bonds. The van der Waals surface area contributed by atoms with Crippen LogP contribution in [0.3, 0.4) is 0 Å². The number of anilines is 2. The van der Waals surface area contributed by atoms with E-state index in [1.807, 2.05) is 26.0 Å². The number of carbonyl (C=O) groups excluding carboxylic acids is 2. The topological polar surface area (TPSA) is 101 Å². The molecule has 0 aliphatic carbocycles. The molecular formula is C18H19N3O4. The van der Waals surface area contributed by atoms with Gasteiger partial charge in [-0.2, -0.15) is 0 Å². The standard InChI is InChI=1S/C18H19N3O4/c1-3-12(2)15-6-4-5-7-16(15)20-18(23)17(22)19-13-8-10-14(11-9-13)21(24)25/h4-12H,3H2,1-2H3,(H,19,22)(H,20,23). The van der Waals surface area contributed by atoms with Gasteiger partial charge in [-0.1, -0.05) is 32.0 Å². The molecule has 0 bridgehead atoms. The molecule has 130 valence electrons. The lowest BCUT2D eigenvalue weighted by molar-refractivity contribution is -0.384. The first kappa shape index (κ1) is 18.1. The van der Waals surface area contributed by atoms with E-state index < -0.39 is 16.7 Å². The molecule has 25 heavy (non-hydrogen) atoms. The number of hydrogen-bond acceptors (Lipinski definition) is 4. The molecule has 2 N–H and O–H groups in total. The van der Waals surface area contributed by atoms with Crippen LogP contribution in [0.15, 0.2) is 48.5 Å². The molecule has 0 fully saturated rings. The van der Waals surface area contributed by atoms with Crippen molar-refractivity contribution in [2.45, 2.75) is 26.2 Å². The summed E-state index contributed by atoms with van der Waals surface area (Å²) in [4.78, 5) is 34.2. The number of non-ortho nitro benzene ring substituents is 1. The molecule has 7 nitrogen and oxygen atoms in total. The van der Waals surface area contributed by atoms with Crippen LogP contribution in [0, 0.1) is 10.1 Å². The van der Waals surface area contributed by atoms with Gasteiger partial charge >= 0.3 is 11.8 Å². The summed E-state index contributed by atoms with van der Waals surface area (Å²) in [6, 6.07) is 12.6. The van der Waals surface area contributed by atoms with Crippen molar-refractivity contribution in [3.63, 3.8) is 0 Å². The number of nitrogens with one attached hydrogen (secondary N) is 2. The van der Waals surface area contributed by atoms with Crippen molar-refractivity contribution in [2.24, 2.45) is 0 Å². The smallest absolute Gasteiger partial charge is 0.314 e. The van der Waals surface area contributed by atoms with Gasteiger partial charge in [0.25, 0.3) is 5.69 Å². The van der Waals surface area contributed by atoms with Gasteiger partial charge < -0.3 is 10.6 Å². The quantitative estimate of drug-likeness (QED) is 0.492. The monoisotopic (exact) mass is 341 g/mol.